The van der Waals surface area contributed by atoms with Crippen LogP contribution in [0.2, 0.25) is 0 Å². The van der Waals surface area contributed by atoms with E-state index >= 15 is 0 Å². The van der Waals surface area contributed by atoms with E-state index in [0.717, 1.165) is 24.1 Å². The van der Waals surface area contributed by atoms with E-state index in [1.807, 2.05) is 18.6 Å². The van der Waals surface area contributed by atoms with Crippen molar-refractivity contribution in [2.45, 2.75) is 32.6 Å². The number of rotatable bonds is 4. The monoisotopic (exact) mass is 228 g/mol. The second kappa shape index (κ2) is 5.48. The van der Waals surface area contributed by atoms with E-state index in [2.05, 4.69) is 40.1 Å². The lowest BCUT2D eigenvalue weighted by atomic mass is 9.98. The van der Waals surface area contributed by atoms with Crippen molar-refractivity contribution in [2.24, 2.45) is 0 Å². The standard InChI is InChI=1S/C13H16N4/c1-3-11-5-13(17-16-6-11)4-10(2)12-7-14-9-15-8-12/h5-10H,3-4H2,1-2H3. The lowest BCUT2D eigenvalue weighted by Crippen LogP contribution is -2.03. The van der Waals surface area contributed by atoms with Crippen LogP contribution in [0.3, 0.4) is 0 Å². The van der Waals surface area contributed by atoms with Gasteiger partial charge in [-0.1, -0.05) is 13.8 Å². The maximum absolute atomic E-state index is 4.16. The van der Waals surface area contributed by atoms with Gasteiger partial charge in [-0.25, -0.2) is 9.97 Å². The third-order valence-electron chi connectivity index (χ3n) is 2.83. The zero-order valence-corrected chi connectivity index (χ0v) is 10.2. The van der Waals surface area contributed by atoms with Gasteiger partial charge < -0.3 is 0 Å². The molecule has 0 bridgehead atoms. The SMILES string of the molecule is CCc1cnnc(CC(C)c2cncnc2)c1. The Hall–Kier alpha value is -1.84. The molecule has 17 heavy (non-hydrogen) atoms. The summed E-state index contributed by atoms with van der Waals surface area (Å²) in [6.45, 7) is 4.27. The Labute approximate surface area is 101 Å². The Balaban J connectivity index is 2.10. The highest BCUT2D eigenvalue weighted by atomic mass is 15.1. The van der Waals surface area contributed by atoms with Crippen molar-refractivity contribution < 1.29 is 0 Å². The molecule has 0 amide bonds. The average molecular weight is 228 g/mol. The maximum atomic E-state index is 4.16. The number of aryl methyl sites for hydroxylation is 1. The van der Waals surface area contributed by atoms with Crippen LogP contribution in [0.5, 0.6) is 0 Å². The fraction of sp³-hybridized carbons (Fsp3) is 0.385. The number of hydrogen-bond acceptors (Lipinski definition) is 4. The molecule has 0 saturated carbocycles. The summed E-state index contributed by atoms with van der Waals surface area (Å²) < 4.78 is 0. The lowest BCUT2D eigenvalue weighted by molar-refractivity contribution is 0.715. The molecule has 1 unspecified atom stereocenters. The summed E-state index contributed by atoms with van der Waals surface area (Å²) in [6.07, 6.45) is 8.94. The van der Waals surface area contributed by atoms with Gasteiger partial charge in [0.15, 0.2) is 0 Å². The Morgan fingerprint density at radius 3 is 2.65 bits per heavy atom. The van der Waals surface area contributed by atoms with Gasteiger partial charge in [0.1, 0.15) is 6.33 Å². The summed E-state index contributed by atoms with van der Waals surface area (Å²) in [5, 5.41) is 8.18. The predicted octanol–water partition coefficient (Wildman–Crippen LogP) is 2.18. The highest BCUT2D eigenvalue weighted by Crippen LogP contribution is 2.17. The fourth-order valence-electron chi connectivity index (χ4n) is 1.75. The highest BCUT2D eigenvalue weighted by Gasteiger charge is 2.08. The maximum Gasteiger partial charge on any atom is 0.115 e. The van der Waals surface area contributed by atoms with Gasteiger partial charge >= 0.3 is 0 Å². The van der Waals surface area contributed by atoms with Gasteiger partial charge in [-0.3, -0.25) is 0 Å². The molecule has 0 saturated heterocycles. The summed E-state index contributed by atoms with van der Waals surface area (Å²) >= 11 is 0. The third-order valence-corrected chi connectivity index (χ3v) is 2.83. The predicted molar refractivity (Wildman–Crippen MR) is 65.6 cm³/mol. The molecular formula is C13H16N4. The largest absolute Gasteiger partial charge is 0.245 e. The first-order valence-corrected chi connectivity index (χ1v) is 5.85. The minimum Gasteiger partial charge on any atom is -0.245 e. The van der Waals surface area contributed by atoms with Crippen molar-refractivity contribution in [2.75, 3.05) is 0 Å². The van der Waals surface area contributed by atoms with Crippen molar-refractivity contribution in [3.8, 4) is 0 Å². The second-order valence-electron chi connectivity index (χ2n) is 4.19. The Bertz CT molecular complexity index is 470. The van der Waals surface area contributed by atoms with Crippen LogP contribution in [-0.2, 0) is 12.8 Å². The highest BCUT2D eigenvalue weighted by molar-refractivity contribution is 5.17. The molecule has 0 fully saturated rings. The van der Waals surface area contributed by atoms with Gasteiger partial charge in [0.05, 0.1) is 11.9 Å². The molecule has 2 heterocycles. The summed E-state index contributed by atoms with van der Waals surface area (Å²) in [5.74, 6) is 0.359. The molecule has 2 aromatic heterocycles. The van der Waals surface area contributed by atoms with Crippen LogP contribution < -0.4 is 0 Å². The van der Waals surface area contributed by atoms with Gasteiger partial charge in [0, 0.05) is 12.4 Å². The van der Waals surface area contributed by atoms with E-state index in [4.69, 9.17) is 0 Å². The van der Waals surface area contributed by atoms with Crippen molar-refractivity contribution >= 4 is 0 Å². The molecule has 4 nitrogen and oxygen atoms in total. The van der Waals surface area contributed by atoms with E-state index in [1.165, 1.54) is 5.56 Å². The lowest BCUT2D eigenvalue weighted by Gasteiger charge is -2.10. The molecule has 2 rings (SSSR count). The van der Waals surface area contributed by atoms with Crippen LogP contribution in [0.1, 0.15) is 36.6 Å². The van der Waals surface area contributed by atoms with Crippen LogP contribution in [-0.4, -0.2) is 20.2 Å². The van der Waals surface area contributed by atoms with Gasteiger partial charge in [-0.05, 0) is 36.0 Å². The van der Waals surface area contributed by atoms with Crippen molar-refractivity contribution in [3.05, 3.63) is 47.8 Å². The van der Waals surface area contributed by atoms with Gasteiger partial charge in [-0.15, -0.1) is 0 Å². The van der Waals surface area contributed by atoms with Crippen molar-refractivity contribution in [1.82, 2.24) is 20.2 Å². The number of aromatic nitrogens is 4. The zero-order chi connectivity index (χ0) is 12.1. The molecule has 0 N–H and O–H groups in total. The molecule has 0 aliphatic carbocycles. The summed E-state index contributed by atoms with van der Waals surface area (Å²) in [7, 11) is 0. The summed E-state index contributed by atoms with van der Waals surface area (Å²) in [4.78, 5) is 8.07. The molecule has 4 heteroatoms. The minimum atomic E-state index is 0.359. The van der Waals surface area contributed by atoms with Crippen LogP contribution in [0.4, 0.5) is 0 Å². The normalized spacial score (nSPS) is 12.4. The third kappa shape index (κ3) is 3.06. The van der Waals surface area contributed by atoms with Crippen LogP contribution in [0.25, 0.3) is 0 Å². The molecular weight excluding hydrogens is 212 g/mol. The quantitative estimate of drug-likeness (QED) is 0.804. The first-order chi connectivity index (χ1) is 8.29. The Morgan fingerprint density at radius 2 is 1.94 bits per heavy atom. The molecule has 0 aromatic carbocycles. The van der Waals surface area contributed by atoms with Crippen LogP contribution in [0.15, 0.2) is 31.0 Å². The van der Waals surface area contributed by atoms with Crippen molar-refractivity contribution in [3.63, 3.8) is 0 Å². The van der Waals surface area contributed by atoms with Crippen molar-refractivity contribution in [1.29, 1.82) is 0 Å². The molecule has 88 valence electrons. The van der Waals surface area contributed by atoms with E-state index in [1.54, 1.807) is 6.33 Å². The Morgan fingerprint density at radius 1 is 1.18 bits per heavy atom. The first kappa shape index (κ1) is 11.6. The van der Waals surface area contributed by atoms with Crippen LogP contribution >= 0.6 is 0 Å². The minimum absolute atomic E-state index is 0.359. The Kier molecular flexibility index (Phi) is 3.75. The number of hydrogen-bond donors (Lipinski definition) is 0. The van der Waals surface area contributed by atoms with Gasteiger partial charge in [0.25, 0.3) is 0 Å². The van der Waals surface area contributed by atoms with Gasteiger partial charge in [-0.2, -0.15) is 10.2 Å². The summed E-state index contributed by atoms with van der Waals surface area (Å²) in [5.41, 5.74) is 3.39. The summed E-state index contributed by atoms with van der Waals surface area (Å²) in [6, 6.07) is 2.12. The molecule has 0 radical (unpaired) electrons. The van der Waals surface area contributed by atoms with Gasteiger partial charge in [0.2, 0.25) is 0 Å². The molecule has 2 aromatic rings. The molecule has 0 aliphatic heterocycles. The van der Waals surface area contributed by atoms with E-state index in [0.29, 0.717) is 5.92 Å². The van der Waals surface area contributed by atoms with E-state index in [-0.39, 0.29) is 0 Å². The number of nitrogens with zero attached hydrogens (tertiary/aromatic N) is 4. The smallest absolute Gasteiger partial charge is 0.115 e. The molecule has 0 spiro atoms. The van der Waals surface area contributed by atoms with E-state index < -0.39 is 0 Å². The average Bonchev–Trinajstić information content (AvgIpc) is 2.40. The molecule has 1 atom stereocenters. The fourth-order valence-corrected chi connectivity index (χ4v) is 1.75. The van der Waals surface area contributed by atoms with Crippen LogP contribution in [0, 0.1) is 0 Å². The van der Waals surface area contributed by atoms with E-state index in [9.17, 15) is 0 Å². The topological polar surface area (TPSA) is 51.6 Å². The first-order valence-electron chi connectivity index (χ1n) is 5.85. The second-order valence-corrected chi connectivity index (χ2v) is 4.19. The zero-order valence-electron chi connectivity index (χ0n) is 10.2. The molecule has 0 aliphatic rings.